The van der Waals surface area contributed by atoms with Crippen molar-refractivity contribution in [2.24, 2.45) is 7.05 Å². The molecule has 0 radical (unpaired) electrons. The largest absolute Gasteiger partial charge is 0.383 e. The highest BCUT2D eigenvalue weighted by molar-refractivity contribution is 5.76. The summed E-state index contributed by atoms with van der Waals surface area (Å²) in [7, 11) is 1.80. The van der Waals surface area contributed by atoms with Gasteiger partial charge in [0, 0.05) is 12.6 Å². The molecule has 0 saturated carbocycles. The van der Waals surface area contributed by atoms with E-state index in [1.165, 1.54) is 12.1 Å². The van der Waals surface area contributed by atoms with Gasteiger partial charge < -0.3 is 5.73 Å². The van der Waals surface area contributed by atoms with E-state index in [1.807, 2.05) is 6.07 Å². The molecule has 1 heterocycles. The number of aryl methyl sites for hydroxylation is 2. The lowest BCUT2D eigenvalue weighted by Gasteiger charge is -2.03. The zero-order valence-corrected chi connectivity index (χ0v) is 10.1. The molecule has 2 N–H and O–H groups in total. The fraction of sp³-hybridized carbons (Fsp3) is 0.308. The number of rotatable bonds is 3. The maximum Gasteiger partial charge on any atom is 0.129 e. The number of nitrogens with two attached hydrogens (primary N) is 1. The number of hydrogen-bond acceptors (Lipinski definition) is 2. The molecule has 0 spiro atoms. The minimum atomic E-state index is -0.256. The first kappa shape index (κ1) is 11.6. The Labute approximate surface area is 100 Å². The summed E-state index contributed by atoms with van der Waals surface area (Å²) in [5.74, 6) is 0.326. The van der Waals surface area contributed by atoms with Crippen LogP contribution in [0.1, 0.15) is 19.0 Å². The van der Waals surface area contributed by atoms with E-state index in [1.54, 1.807) is 17.8 Å². The third-order valence-electron chi connectivity index (χ3n) is 2.76. The summed E-state index contributed by atoms with van der Waals surface area (Å²) in [5, 5.41) is 4.38. The first-order valence-corrected chi connectivity index (χ1v) is 5.70. The Morgan fingerprint density at radius 1 is 1.41 bits per heavy atom. The van der Waals surface area contributed by atoms with E-state index in [4.69, 9.17) is 5.73 Å². The highest BCUT2D eigenvalue weighted by Crippen LogP contribution is 2.30. The van der Waals surface area contributed by atoms with Crippen molar-refractivity contribution in [3.63, 3.8) is 0 Å². The van der Waals surface area contributed by atoms with Crippen molar-refractivity contribution < 1.29 is 4.39 Å². The van der Waals surface area contributed by atoms with E-state index in [-0.39, 0.29) is 5.82 Å². The molecule has 17 heavy (non-hydrogen) atoms. The van der Waals surface area contributed by atoms with E-state index in [0.717, 1.165) is 29.7 Å². The number of nitrogen functional groups attached to an aromatic ring is 1. The van der Waals surface area contributed by atoms with E-state index in [2.05, 4.69) is 12.0 Å². The van der Waals surface area contributed by atoms with Crippen molar-refractivity contribution >= 4 is 5.82 Å². The molecule has 0 aliphatic rings. The SMILES string of the molecule is CCCc1nn(C)c(N)c1-c1cccc(F)c1. The third kappa shape index (κ3) is 2.16. The van der Waals surface area contributed by atoms with Gasteiger partial charge in [-0.1, -0.05) is 25.5 Å². The van der Waals surface area contributed by atoms with Crippen LogP contribution in [0.25, 0.3) is 11.1 Å². The van der Waals surface area contributed by atoms with Crippen LogP contribution in [0, 0.1) is 5.82 Å². The maximum atomic E-state index is 13.2. The van der Waals surface area contributed by atoms with Gasteiger partial charge >= 0.3 is 0 Å². The molecular weight excluding hydrogens is 217 g/mol. The summed E-state index contributed by atoms with van der Waals surface area (Å²) in [6, 6.07) is 6.46. The summed E-state index contributed by atoms with van der Waals surface area (Å²) < 4.78 is 14.9. The maximum absolute atomic E-state index is 13.2. The van der Waals surface area contributed by atoms with Crippen LogP contribution in [0.2, 0.25) is 0 Å². The number of aromatic nitrogens is 2. The number of anilines is 1. The summed E-state index contributed by atoms with van der Waals surface area (Å²) >= 11 is 0. The molecule has 0 atom stereocenters. The molecule has 3 nitrogen and oxygen atoms in total. The van der Waals surface area contributed by atoms with E-state index in [9.17, 15) is 4.39 Å². The molecule has 2 rings (SSSR count). The monoisotopic (exact) mass is 233 g/mol. The lowest BCUT2D eigenvalue weighted by molar-refractivity contribution is 0.628. The van der Waals surface area contributed by atoms with Gasteiger partial charge in [0.1, 0.15) is 11.6 Å². The number of nitrogens with zero attached hydrogens (tertiary/aromatic N) is 2. The van der Waals surface area contributed by atoms with Gasteiger partial charge in [0.25, 0.3) is 0 Å². The third-order valence-corrected chi connectivity index (χ3v) is 2.76. The highest BCUT2D eigenvalue weighted by atomic mass is 19.1. The van der Waals surface area contributed by atoms with Crippen LogP contribution < -0.4 is 5.73 Å². The molecule has 1 aromatic carbocycles. The Morgan fingerprint density at radius 2 is 2.18 bits per heavy atom. The predicted molar refractivity (Wildman–Crippen MR) is 67.0 cm³/mol. The molecule has 0 unspecified atom stereocenters. The van der Waals surface area contributed by atoms with Crippen molar-refractivity contribution in [1.29, 1.82) is 0 Å². The molecule has 0 amide bonds. The van der Waals surface area contributed by atoms with Crippen LogP contribution in [0.4, 0.5) is 10.2 Å². The van der Waals surface area contributed by atoms with Gasteiger partial charge in [-0.05, 0) is 24.1 Å². The molecule has 0 aliphatic heterocycles. The van der Waals surface area contributed by atoms with Gasteiger partial charge in [0.2, 0.25) is 0 Å². The molecule has 0 saturated heterocycles. The average Bonchev–Trinajstić information content (AvgIpc) is 2.55. The van der Waals surface area contributed by atoms with Crippen molar-refractivity contribution in [2.75, 3.05) is 5.73 Å². The molecular formula is C13H16FN3. The minimum absolute atomic E-state index is 0.256. The normalized spacial score (nSPS) is 10.8. The number of halogens is 1. The molecule has 0 fully saturated rings. The fourth-order valence-electron chi connectivity index (χ4n) is 1.96. The summed E-state index contributed by atoms with van der Waals surface area (Å²) in [5.41, 5.74) is 8.57. The topological polar surface area (TPSA) is 43.8 Å². The van der Waals surface area contributed by atoms with E-state index >= 15 is 0 Å². The Morgan fingerprint density at radius 3 is 2.82 bits per heavy atom. The Bertz CT molecular complexity index is 531. The molecule has 0 aliphatic carbocycles. The Balaban J connectivity index is 2.57. The molecule has 90 valence electrons. The van der Waals surface area contributed by atoms with Gasteiger partial charge in [-0.15, -0.1) is 0 Å². The van der Waals surface area contributed by atoms with Gasteiger partial charge in [-0.25, -0.2) is 4.39 Å². The van der Waals surface area contributed by atoms with Crippen LogP contribution in [0.15, 0.2) is 24.3 Å². The van der Waals surface area contributed by atoms with Crippen molar-refractivity contribution in [1.82, 2.24) is 9.78 Å². The zero-order chi connectivity index (χ0) is 12.4. The first-order chi connectivity index (χ1) is 8.13. The highest BCUT2D eigenvalue weighted by Gasteiger charge is 2.15. The van der Waals surface area contributed by atoms with Gasteiger partial charge in [0.05, 0.1) is 5.69 Å². The molecule has 0 bridgehead atoms. The van der Waals surface area contributed by atoms with Crippen LogP contribution in [-0.2, 0) is 13.5 Å². The summed E-state index contributed by atoms with van der Waals surface area (Å²) in [4.78, 5) is 0. The minimum Gasteiger partial charge on any atom is -0.383 e. The standard InChI is InChI=1S/C13H16FN3/c1-3-5-11-12(13(15)17(2)16-11)9-6-4-7-10(14)8-9/h4,6-8H,3,5,15H2,1-2H3. The second kappa shape index (κ2) is 4.57. The fourth-order valence-corrected chi connectivity index (χ4v) is 1.96. The first-order valence-electron chi connectivity index (χ1n) is 5.70. The van der Waals surface area contributed by atoms with Crippen LogP contribution in [0.5, 0.6) is 0 Å². The summed E-state index contributed by atoms with van der Waals surface area (Å²) in [6.07, 6.45) is 1.83. The Kier molecular flexibility index (Phi) is 3.13. The van der Waals surface area contributed by atoms with Gasteiger partial charge in [0.15, 0.2) is 0 Å². The van der Waals surface area contributed by atoms with Crippen LogP contribution in [-0.4, -0.2) is 9.78 Å². The number of benzene rings is 1. The van der Waals surface area contributed by atoms with Crippen molar-refractivity contribution in [3.8, 4) is 11.1 Å². The summed E-state index contributed by atoms with van der Waals surface area (Å²) in [6.45, 7) is 2.08. The smallest absolute Gasteiger partial charge is 0.129 e. The number of hydrogen-bond donors (Lipinski definition) is 1. The second-order valence-corrected chi connectivity index (χ2v) is 4.09. The van der Waals surface area contributed by atoms with Gasteiger partial charge in [-0.3, -0.25) is 4.68 Å². The quantitative estimate of drug-likeness (QED) is 0.885. The van der Waals surface area contributed by atoms with E-state index < -0.39 is 0 Å². The van der Waals surface area contributed by atoms with E-state index in [0.29, 0.717) is 5.82 Å². The second-order valence-electron chi connectivity index (χ2n) is 4.09. The predicted octanol–water partition coefficient (Wildman–Crippen LogP) is 2.76. The molecule has 1 aromatic heterocycles. The zero-order valence-electron chi connectivity index (χ0n) is 10.1. The lowest BCUT2D eigenvalue weighted by Crippen LogP contribution is -1.98. The lowest BCUT2D eigenvalue weighted by atomic mass is 10.0. The average molecular weight is 233 g/mol. The van der Waals surface area contributed by atoms with Crippen LogP contribution in [0.3, 0.4) is 0 Å². The molecule has 2 aromatic rings. The van der Waals surface area contributed by atoms with Crippen molar-refractivity contribution in [2.45, 2.75) is 19.8 Å². The molecule has 4 heteroatoms. The van der Waals surface area contributed by atoms with Crippen LogP contribution >= 0.6 is 0 Å². The van der Waals surface area contributed by atoms with Crippen molar-refractivity contribution in [3.05, 3.63) is 35.8 Å². The van der Waals surface area contributed by atoms with Gasteiger partial charge in [-0.2, -0.15) is 5.10 Å². The Hall–Kier alpha value is -1.84.